The van der Waals surface area contributed by atoms with E-state index in [2.05, 4.69) is 29.6 Å². The average molecular weight is 270 g/mol. The first-order valence-electron chi connectivity index (χ1n) is 5.66. The van der Waals surface area contributed by atoms with Gasteiger partial charge in [0.15, 0.2) is 0 Å². The highest BCUT2D eigenvalue weighted by molar-refractivity contribution is 7.13. The number of hydrogen-bond acceptors (Lipinski definition) is 1. The summed E-state index contributed by atoms with van der Waals surface area (Å²) in [7, 11) is 0. The molecule has 0 spiro atoms. The maximum atomic E-state index is 6.28. The Morgan fingerprint density at radius 3 is 2.50 bits per heavy atom. The molecule has 2 aromatic carbocycles. The van der Waals surface area contributed by atoms with Gasteiger partial charge >= 0.3 is 0 Å². The zero-order valence-corrected chi connectivity index (χ0v) is 11.1. The standard InChI is InChI=1S/C16H10ClS/c17-15-9-4-3-7-13(15)12-6-1-2-8-14(12)16-10-5-11-18-16/h1-5,7-11H. The van der Waals surface area contributed by atoms with Crippen LogP contribution in [0.4, 0.5) is 0 Å². The van der Waals surface area contributed by atoms with Gasteiger partial charge in [0, 0.05) is 21.0 Å². The van der Waals surface area contributed by atoms with E-state index < -0.39 is 0 Å². The first-order valence-corrected chi connectivity index (χ1v) is 6.91. The average Bonchev–Trinajstić information content (AvgIpc) is 2.93. The van der Waals surface area contributed by atoms with E-state index in [1.807, 2.05) is 36.4 Å². The number of benzene rings is 2. The normalized spacial score (nSPS) is 10.5. The minimum absolute atomic E-state index is 0.762. The van der Waals surface area contributed by atoms with Crippen LogP contribution in [0.15, 0.2) is 60.0 Å². The summed E-state index contributed by atoms with van der Waals surface area (Å²) in [6.45, 7) is 0. The van der Waals surface area contributed by atoms with Crippen LogP contribution in [0.25, 0.3) is 21.6 Å². The smallest absolute Gasteiger partial charge is 0.0484 e. The minimum atomic E-state index is 0.762. The Bertz CT molecular complexity index is 656. The molecule has 0 aliphatic heterocycles. The molecular weight excluding hydrogens is 260 g/mol. The second kappa shape index (κ2) is 4.97. The summed E-state index contributed by atoms with van der Waals surface area (Å²) in [4.78, 5) is 1.24. The molecule has 0 bridgehead atoms. The highest BCUT2D eigenvalue weighted by Gasteiger charge is 2.10. The molecule has 0 nitrogen and oxygen atoms in total. The zero-order valence-electron chi connectivity index (χ0n) is 9.56. The Balaban J connectivity index is 2.22. The molecule has 2 heteroatoms. The fourth-order valence-electron chi connectivity index (χ4n) is 1.96. The molecular formula is C16H10ClS. The van der Waals surface area contributed by atoms with E-state index in [0.29, 0.717) is 0 Å². The van der Waals surface area contributed by atoms with E-state index in [-0.39, 0.29) is 0 Å². The molecule has 0 aliphatic carbocycles. The Morgan fingerprint density at radius 2 is 1.72 bits per heavy atom. The highest BCUT2D eigenvalue weighted by Crippen LogP contribution is 2.36. The summed E-state index contributed by atoms with van der Waals surface area (Å²) in [5.41, 5.74) is 3.27. The van der Waals surface area contributed by atoms with Crippen LogP contribution in [-0.4, -0.2) is 0 Å². The van der Waals surface area contributed by atoms with Gasteiger partial charge in [0.25, 0.3) is 0 Å². The molecule has 87 valence electrons. The lowest BCUT2D eigenvalue weighted by Gasteiger charge is -2.09. The summed E-state index contributed by atoms with van der Waals surface area (Å²) in [6, 6.07) is 21.4. The Labute approximate surface area is 115 Å². The summed E-state index contributed by atoms with van der Waals surface area (Å²) in [6.07, 6.45) is 0. The molecule has 1 radical (unpaired) electrons. The van der Waals surface area contributed by atoms with Crippen LogP contribution >= 0.6 is 22.9 Å². The molecule has 3 rings (SSSR count). The van der Waals surface area contributed by atoms with Gasteiger partial charge in [-0.2, -0.15) is 0 Å². The van der Waals surface area contributed by atoms with Gasteiger partial charge in [-0.25, -0.2) is 0 Å². The van der Waals surface area contributed by atoms with Crippen molar-refractivity contribution in [3.05, 3.63) is 71.1 Å². The van der Waals surface area contributed by atoms with Crippen LogP contribution in [0.3, 0.4) is 0 Å². The van der Waals surface area contributed by atoms with Gasteiger partial charge in [-0.15, -0.1) is 11.3 Å². The molecule has 0 saturated carbocycles. The number of halogens is 1. The molecule has 0 aliphatic rings. The molecule has 0 amide bonds. The van der Waals surface area contributed by atoms with Crippen molar-refractivity contribution in [2.75, 3.05) is 0 Å². The summed E-state index contributed by atoms with van der Waals surface area (Å²) < 4.78 is 0. The second-order valence-electron chi connectivity index (χ2n) is 3.92. The third-order valence-corrected chi connectivity index (χ3v) is 4.02. The van der Waals surface area contributed by atoms with Crippen LogP contribution in [0.5, 0.6) is 0 Å². The van der Waals surface area contributed by atoms with Crippen molar-refractivity contribution >= 4 is 22.9 Å². The van der Waals surface area contributed by atoms with E-state index in [4.69, 9.17) is 11.6 Å². The van der Waals surface area contributed by atoms with E-state index in [9.17, 15) is 0 Å². The fraction of sp³-hybridized carbons (Fsp3) is 0. The van der Waals surface area contributed by atoms with Crippen LogP contribution in [0.2, 0.25) is 5.02 Å². The van der Waals surface area contributed by atoms with E-state index in [0.717, 1.165) is 16.1 Å². The lowest BCUT2D eigenvalue weighted by molar-refractivity contribution is 1.60. The fourth-order valence-corrected chi connectivity index (χ4v) is 2.95. The van der Waals surface area contributed by atoms with Crippen molar-refractivity contribution in [2.45, 2.75) is 0 Å². The lowest BCUT2D eigenvalue weighted by atomic mass is 9.99. The van der Waals surface area contributed by atoms with Gasteiger partial charge in [0.1, 0.15) is 0 Å². The summed E-state index contributed by atoms with van der Waals surface area (Å²) in [5, 5.41) is 2.84. The molecule has 0 atom stereocenters. The third kappa shape index (κ3) is 2.07. The predicted molar refractivity (Wildman–Crippen MR) is 79.0 cm³/mol. The Hall–Kier alpha value is -1.57. The number of rotatable bonds is 2. The minimum Gasteiger partial charge on any atom is -0.144 e. The van der Waals surface area contributed by atoms with Gasteiger partial charge in [0.2, 0.25) is 0 Å². The molecule has 1 aromatic heterocycles. The van der Waals surface area contributed by atoms with Crippen LogP contribution in [0, 0.1) is 6.07 Å². The zero-order chi connectivity index (χ0) is 12.4. The molecule has 1 heterocycles. The Morgan fingerprint density at radius 1 is 0.889 bits per heavy atom. The number of hydrogen-bond donors (Lipinski definition) is 0. The summed E-state index contributed by atoms with van der Waals surface area (Å²) in [5.74, 6) is 0. The molecule has 0 N–H and O–H groups in total. The van der Waals surface area contributed by atoms with Crippen LogP contribution in [-0.2, 0) is 0 Å². The first-order chi connectivity index (χ1) is 8.86. The monoisotopic (exact) mass is 269 g/mol. The van der Waals surface area contributed by atoms with E-state index >= 15 is 0 Å². The van der Waals surface area contributed by atoms with Crippen molar-refractivity contribution in [1.29, 1.82) is 0 Å². The van der Waals surface area contributed by atoms with Gasteiger partial charge < -0.3 is 0 Å². The lowest BCUT2D eigenvalue weighted by Crippen LogP contribution is -1.84. The van der Waals surface area contributed by atoms with Gasteiger partial charge in [-0.1, -0.05) is 54.1 Å². The molecule has 18 heavy (non-hydrogen) atoms. The third-order valence-electron chi connectivity index (χ3n) is 2.79. The van der Waals surface area contributed by atoms with Crippen molar-refractivity contribution in [3.8, 4) is 21.6 Å². The van der Waals surface area contributed by atoms with E-state index in [1.165, 1.54) is 10.4 Å². The Kier molecular flexibility index (Phi) is 3.18. The van der Waals surface area contributed by atoms with Gasteiger partial charge in [-0.05, 0) is 29.1 Å². The van der Waals surface area contributed by atoms with Crippen molar-refractivity contribution in [3.63, 3.8) is 0 Å². The van der Waals surface area contributed by atoms with Crippen molar-refractivity contribution in [1.82, 2.24) is 0 Å². The maximum Gasteiger partial charge on any atom is 0.0484 e. The maximum absolute atomic E-state index is 6.28. The largest absolute Gasteiger partial charge is 0.144 e. The summed E-state index contributed by atoms with van der Waals surface area (Å²) >= 11 is 8.00. The van der Waals surface area contributed by atoms with Crippen molar-refractivity contribution in [2.24, 2.45) is 0 Å². The van der Waals surface area contributed by atoms with Crippen LogP contribution < -0.4 is 0 Å². The van der Waals surface area contributed by atoms with E-state index in [1.54, 1.807) is 11.3 Å². The number of thiophene rings is 1. The van der Waals surface area contributed by atoms with Crippen LogP contribution in [0.1, 0.15) is 0 Å². The molecule has 3 aromatic rings. The SMILES string of the molecule is Clc1ccccc1-c1[c]cccc1-c1cccs1. The second-order valence-corrected chi connectivity index (χ2v) is 5.27. The van der Waals surface area contributed by atoms with Crippen molar-refractivity contribution < 1.29 is 0 Å². The quantitative estimate of drug-likeness (QED) is 0.573. The first kappa shape index (κ1) is 11.5. The molecule has 0 saturated heterocycles. The topological polar surface area (TPSA) is 0 Å². The highest BCUT2D eigenvalue weighted by atomic mass is 35.5. The molecule has 0 fully saturated rings. The van der Waals surface area contributed by atoms with Gasteiger partial charge in [-0.3, -0.25) is 0 Å². The van der Waals surface area contributed by atoms with Gasteiger partial charge in [0.05, 0.1) is 0 Å². The predicted octanol–water partition coefficient (Wildman–Crippen LogP) is 5.54. The molecule has 0 unspecified atom stereocenters.